The summed E-state index contributed by atoms with van der Waals surface area (Å²) in [5.74, 6) is -1.25. The molecule has 0 saturated heterocycles. The summed E-state index contributed by atoms with van der Waals surface area (Å²) in [6, 6.07) is -0.775. The number of hydrogen-bond acceptors (Lipinski definition) is 4. The summed E-state index contributed by atoms with van der Waals surface area (Å²) >= 11 is 0. The third-order valence-corrected chi connectivity index (χ3v) is 2.62. The summed E-state index contributed by atoms with van der Waals surface area (Å²) in [4.78, 5) is 32.2. The fraction of sp³-hybridized carbons (Fsp3) is 0.750. The summed E-state index contributed by atoms with van der Waals surface area (Å²) in [6.07, 6.45) is 1.96. The van der Waals surface area contributed by atoms with Gasteiger partial charge in [0.1, 0.15) is 5.92 Å². The van der Waals surface area contributed by atoms with Gasteiger partial charge in [-0.2, -0.15) is 0 Å². The maximum Gasteiger partial charge on any atom is 0.248 e. The lowest BCUT2D eigenvalue weighted by atomic mass is 10.4. The van der Waals surface area contributed by atoms with Crippen molar-refractivity contribution in [3.8, 4) is 0 Å². The summed E-state index contributed by atoms with van der Waals surface area (Å²) < 4.78 is 0. The molecule has 2 fully saturated rings. The van der Waals surface area contributed by atoms with Gasteiger partial charge in [0.05, 0.1) is 0 Å². The van der Waals surface area contributed by atoms with Gasteiger partial charge in [-0.1, -0.05) is 0 Å². The van der Waals surface area contributed by atoms with Crippen LogP contribution in [0.3, 0.4) is 0 Å². The highest BCUT2D eigenvalue weighted by atomic mass is 16.6. The van der Waals surface area contributed by atoms with Crippen molar-refractivity contribution in [2.24, 2.45) is 11.8 Å². The SMILES string of the molecule is O=C(NNC(=O)[C@H]1C[C@H]1[N+](=O)[O-])C1CC1. The van der Waals surface area contributed by atoms with E-state index in [1.54, 1.807) is 0 Å². The molecule has 0 aromatic heterocycles. The molecule has 2 amide bonds. The largest absolute Gasteiger partial charge is 0.273 e. The summed E-state index contributed by atoms with van der Waals surface area (Å²) in [5.41, 5.74) is 4.47. The maximum atomic E-state index is 11.2. The molecule has 0 aromatic carbocycles. The van der Waals surface area contributed by atoms with E-state index >= 15 is 0 Å². The van der Waals surface area contributed by atoms with E-state index in [9.17, 15) is 19.7 Å². The lowest BCUT2D eigenvalue weighted by molar-refractivity contribution is -0.497. The second-order valence-corrected chi connectivity index (χ2v) is 3.95. The quantitative estimate of drug-likeness (QED) is 0.473. The van der Waals surface area contributed by atoms with Crippen LogP contribution in [0.4, 0.5) is 0 Å². The van der Waals surface area contributed by atoms with Gasteiger partial charge >= 0.3 is 0 Å². The molecule has 0 aromatic rings. The highest BCUT2D eigenvalue weighted by Gasteiger charge is 2.53. The van der Waals surface area contributed by atoms with Crippen LogP contribution in [0.5, 0.6) is 0 Å². The van der Waals surface area contributed by atoms with Crippen LogP contribution in [0.15, 0.2) is 0 Å². The average Bonchev–Trinajstić information content (AvgIpc) is 3.05. The molecular formula is C8H11N3O4. The first-order valence-electron chi connectivity index (χ1n) is 4.83. The fourth-order valence-corrected chi connectivity index (χ4v) is 1.36. The topological polar surface area (TPSA) is 101 Å². The maximum absolute atomic E-state index is 11.2. The number of amides is 2. The van der Waals surface area contributed by atoms with Gasteiger partial charge in [0.2, 0.25) is 17.9 Å². The first-order valence-corrected chi connectivity index (χ1v) is 4.83. The molecule has 0 bridgehead atoms. The van der Waals surface area contributed by atoms with Crippen molar-refractivity contribution < 1.29 is 14.5 Å². The minimum atomic E-state index is -0.775. The van der Waals surface area contributed by atoms with Crippen molar-refractivity contribution in [3.05, 3.63) is 10.1 Å². The Kier molecular flexibility index (Phi) is 2.29. The minimum absolute atomic E-state index is 0.0100. The monoisotopic (exact) mass is 213 g/mol. The summed E-state index contributed by atoms with van der Waals surface area (Å²) in [6.45, 7) is 0. The zero-order valence-corrected chi connectivity index (χ0v) is 7.93. The van der Waals surface area contributed by atoms with E-state index in [0.717, 1.165) is 12.8 Å². The molecule has 2 saturated carbocycles. The highest BCUT2D eigenvalue weighted by Crippen LogP contribution is 2.33. The molecule has 82 valence electrons. The Morgan fingerprint density at radius 1 is 1.20 bits per heavy atom. The van der Waals surface area contributed by atoms with E-state index in [1.807, 2.05) is 0 Å². The van der Waals surface area contributed by atoms with Gasteiger partial charge in [0.25, 0.3) is 0 Å². The Labute approximate surface area is 85.3 Å². The van der Waals surface area contributed by atoms with E-state index in [4.69, 9.17) is 0 Å². The Balaban J connectivity index is 1.69. The molecule has 2 aliphatic rings. The summed E-state index contributed by atoms with van der Waals surface area (Å²) in [5, 5.41) is 10.3. The molecule has 15 heavy (non-hydrogen) atoms. The molecule has 7 nitrogen and oxygen atoms in total. The van der Waals surface area contributed by atoms with Crippen LogP contribution in [0.25, 0.3) is 0 Å². The van der Waals surface area contributed by atoms with Crippen LogP contribution in [-0.2, 0) is 9.59 Å². The number of carbonyl (C=O) groups is 2. The van der Waals surface area contributed by atoms with Gasteiger partial charge in [0, 0.05) is 17.3 Å². The molecule has 2 rings (SSSR count). The lowest BCUT2D eigenvalue weighted by Crippen LogP contribution is -2.43. The van der Waals surface area contributed by atoms with Gasteiger partial charge in [-0.25, -0.2) is 0 Å². The van der Waals surface area contributed by atoms with E-state index < -0.39 is 22.8 Å². The molecule has 2 aliphatic carbocycles. The molecular weight excluding hydrogens is 202 g/mol. The molecule has 2 N–H and O–H groups in total. The Bertz CT molecular complexity index is 326. The van der Waals surface area contributed by atoms with Gasteiger partial charge in [-0.3, -0.25) is 30.6 Å². The van der Waals surface area contributed by atoms with Crippen molar-refractivity contribution in [2.75, 3.05) is 0 Å². The number of nitro groups is 1. The zero-order chi connectivity index (χ0) is 11.0. The predicted octanol–water partition coefficient (Wildman–Crippen LogP) is -0.791. The van der Waals surface area contributed by atoms with Crippen molar-refractivity contribution in [1.29, 1.82) is 0 Å². The number of hydrogen-bond donors (Lipinski definition) is 2. The minimum Gasteiger partial charge on any atom is -0.273 e. The van der Waals surface area contributed by atoms with Crippen molar-refractivity contribution >= 4 is 11.8 Å². The van der Waals surface area contributed by atoms with Gasteiger partial charge in [0.15, 0.2) is 0 Å². The second kappa shape index (κ2) is 3.48. The third kappa shape index (κ3) is 2.23. The average molecular weight is 213 g/mol. The predicted molar refractivity (Wildman–Crippen MR) is 47.9 cm³/mol. The summed E-state index contributed by atoms with van der Waals surface area (Å²) in [7, 11) is 0. The van der Waals surface area contributed by atoms with Gasteiger partial charge in [-0.15, -0.1) is 0 Å². The van der Waals surface area contributed by atoms with Crippen molar-refractivity contribution in [2.45, 2.75) is 25.3 Å². The van der Waals surface area contributed by atoms with E-state index in [1.165, 1.54) is 0 Å². The Morgan fingerprint density at radius 2 is 1.80 bits per heavy atom. The second-order valence-electron chi connectivity index (χ2n) is 3.95. The van der Waals surface area contributed by atoms with Crippen LogP contribution < -0.4 is 10.9 Å². The van der Waals surface area contributed by atoms with Gasteiger partial charge < -0.3 is 0 Å². The molecule has 0 heterocycles. The molecule has 2 atom stereocenters. The zero-order valence-electron chi connectivity index (χ0n) is 7.93. The Hall–Kier alpha value is -1.66. The lowest BCUT2D eigenvalue weighted by Gasteiger charge is -2.04. The molecule has 0 unspecified atom stereocenters. The van der Waals surface area contributed by atoms with Crippen LogP contribution in [0.2, 0.25) is 0 Å². The Morgan fingerprint density at radius 3 is 2.27 bits per heavy atom. The molecule has 0 aliphatic heterocycles. The highest BCUT2D eigenvalue weighted by molar-refractivity contribution is 5.86. The van der Waals surface area contributed by atoms with E-state index in [-0.39, 0.29) is 18.2 Å². The van der Waals surface area contributed by atoms with Crippen molar-refractivity contribution in [3.63, 3.8) is 0 Å². The number of nitrogens with zero attached hydrogens (tertiary/aromatic N) is 1. The first kappa shape index (κ1) is 9.88. The molecule has 0 radical (unpaired) electrons. The normalized spacial score (nSPS) is 28.0. The van der Waals surface area contributed by atoms with E-state index in [2.05, 4.69) is 10.9 Å². The standard InChI is InChI=1S/C8H11N3O4/c12-7(4-1-2-4)9-10-8(13)5-3-6(5)11(14)15/h4-6H,1-3H2,(H,9,12)(H,10,13)/t5-,6+/m0/s1. The number of hydrazine groups is 1. The van der Waals surface area contributed by atoms with Crippen LogP contribution in [0, 0.1) is 22.0 Å². The third-order valence-electron chi connectivity index (χ3n) is 2.62. The number of nitrogens with one attached hydrogen (secondary N) is 2. The number of rotatable bonds is 3. The molecule has 0 spiro atoms. The van der Waals surface area contributed by atoms with Gasteiger partial charge in [-0.05, 0) is 12.8 Å². The molecule has 7 heteroatoms. The van der Waals surface area contributed by atoms with Crippen LogP contribution >= 0.6 is 0 Å². The first-order chi connectivity index (χ1) is 7.09. The van der Waals surface area contributed by atoms with Crippen molar-refractivity contribution in [1.82, 2.24) is 10.9 Å². The van der Waals surface area contributed by atoms with Crippen LogP contribution in [0.1, 0.15) is 19.3 Å². The number of carbonyl (C=O) groups excluding carboxylic acids is 2. The smallest absolute Gasteiger partial charge is 0.248 e. The van der Waals surface area contributed by atoms with E-state index in [0.29, 0.717) is 0 Å². The fourth-order valence-electron chi connectivity index (χ4n) is 1.36. The van der Waals surface area contributed by atoms with Crippen LogP contribution in [-0.4, -0.2) is 22.8 Å².